The van der Waals surface area contributed by atoms with Crippen molar-refractivity contribution in [3.63, 3.8) is 0 Å². The SMILES string of the molecule is BrC1(Br)COc2sccc2O1. The summed E-state index contributed by atoms with van der Waals surface area (Å²) in [7, 11) is 0. The molecule has 0 bridgehead atoms. The zero-order valence-electron chi connectivity index (χ0n) is 5.34. The lowest BCUT2D eigenvalue weighted by molar-refractivity contribution is 0.142. The normalized spacial score (nSPS) is 19.8. The average molecular weight is 300 g/mol. The van der Waals surface area contributed by atoms with E-state index in [0.717, 1.165) is 10.8 Å². The molecule has 1 aliphatic heterocycles. The summed E-state index contributed by atoms with van der Waals surface area (Å²) in [5.74, 6) is 0.787. The van der Waals surface area contributed by atoms with Gasteiger partial charge in [0.1, 0.15) is 6.61 Å². The molecule has 0 amide bonds. The monoisotopic (exact) mass is 298 g/mol. The van der Waals surface area contributed by atoms with Crippen LogP contribution in [0.2, 0.25) is 0 Å². The predicted molar refractivity (Wildman–Crippen MR) is 51.0 cm³/mol. The molecule has 11 heavy (non-hydrogen) atoms. The van der Waals surface area contributed by atoms with Crippen molar-refractivity contribution in [2.45, 2.75) is 3.42 Å². The Morgan fingerprint density at radius 2 is 2.36 bits per heavy atom. The molecule has 0 N–H and O–H groups in total. The molecule has 0 saturated heterocycles. The number of hydrogen-bond donors (Lipinski definition) is 0. The first-order valence-electron chi connectivity index (χ1n) is 2.94. The van der Waals surface area contributed by atoms with Crippen LogP contribution in [0, 0.1) is 0 Å². The topological polar surface area (TPSA) is 18.5 Å². The maximum absolute atomic E-state index is 5.48. The van der Waals surface area contributed by atoms with E-state index in [9.17, 15) is 0 Å². The van der Waals surface area contributed by atoms with Gasteiger partial charge in [-0.3, -0.25) is 0 Å². The number of ether oxygens (including phenoxy) is 2. The second-order valence-electron chi connectivity index (χ2n) is 2.10. The molecule has 0 unspecified atom stereocenters. The molecule has 1 aliphatic rings. The molecule has 60 valence electrons. The molecule has 2 nitrogen and oxygen atoms in total. The molecule has 5 heteroatoms. The summed E-state index contributed by atoms with van der Waals surface area (Å²) >= 11 is 8.18. The Morgan fingerprint density at radius 1 is 1.55 bits per heavy atom. The van der Waals surface area contributed by atoms with Crippen molar-refractivity contribution >= 4 is 43.2 Å². The lowest BCUT2D eigenvalue weighted by Crippen LogP contribution is -2.31. The van der Waals surface area contributed by atoms with Crippen LogP contribution >= 0.6 is 43.2 Å². The predicted octanol–water partition coefficient (Wildman–Crippen LogP) is 2.96. The summed E-state index contributed by atoms with van der Waals surface area (Å²) in [6.45, 7) is 0.473. The van der Waals surface area contributed by atoms with Gasteiger partial charge in [0.2, 0.25) is 5.06 Å². The summed E-state index contributed by atoms with van der Waals surface area (Å²) in [5.41, 5.74) is 0. The second-order valence-corrected chi connectivity index (χ2v) is 6.61. The Bertz CT molecular complexity index is 271. The van der Waals surface area contributed by atoms with Crippen molar-refractivity contribution in [1.29, 1.82) is 0 Å². The van der Waals surface area contributed by atoms with Crippen LogP contribution in [0.25, 0.3) is 0 Å². The maximum Gasteiger partial charge on any atom is 0.251 e. The Morgan fingerprint density at radius 3 is 3.18 bits per heavy atom. The van der Waals surface area contributed by atoms with Crippen LogP contribution in [0.5, 0.6) is 10.8 Å². The molecule has 2 rings (SSSR count). The Labute approximate surface area is 84.8 Å². The van der Waals surface area contributed by atoms with Crippen molar-refractivity contribution in [2.24, 2.45) is 0 Å². The van der Waals surface area contributed by atoms with E-state index in [-0.39, 0.29) is 0 Å². The number of halogens is 2. The van der Waals surface area contributed by atoms with E-state index in [1.807, 2.05) is 11.4 Å². The van der Waals surface area contributed by atoms with Crippen molar-refractivity contribution < 1.29 is 9.47 Å². The minimum atomic E-state index is -0.548. The third kappa shape index (κ3) is 1.55. The van der Waals surface area contributed by atoms with E-state index in [1.54, 1.807) is 0 Å². The quantitative estimate of drug-likeness (QED) is 0.686. The Balaban J connectivity index is 2.32. The molecule has 0 spiro atoms. The molecular formula is C6H4Br2O2S. The van der Waals surface area contributed by atoms with Crippen LogP contribution in [-0.2, 0) is 0 Å². The Hall–Kier alpha value is 0.260. The van der Waals surface area contributed by atoms with Crippen molar-refractivity contribution in [1.82, 2.24) is 0 Å². The summed E-state index contributed by atoms with van der Waals surface area (Å²) in [4.78, 5) is 0. The molecular weight excluding hydrogens is 296 g/mol. The third-order valence-corrected chi connectivity index (χ3v) is 2.81. The van der Waals surface area contributed by atoms with E-state index in [2.05, 4.69) is 31.9 Å². The van der Waals surface area contributed by atoms with Gasteiger partial charge in [-0.1, -0.05) is 0 Å². The van der Waals surface area contributed by atoms with E-state index in [1.165, 1.54) is 11.3 Å². The fourth-order valence-electron chi connectivity index (χ4n) is 0.804. The summed E-state index contributed by atoms with van der Waals surface area (Å²) < 4.78 is 10.3. The highest BCUT2D eigenvalue weighted by Gasteiger charge is 2.32. The van der Waals surface area contributed by atoms with Gasteiger partial charge in [-0.25, -0.2) is 0 Å². The van der Waals surface area contributed by atoms with Crippen molar-refractivity contribution in [3.05, 3.63) is 11.4 Å². The van der Waals surface area contributed by atoms with Crippen LogP contribution in [0.15, 0.2) is 11.4 Å². The highest BCUT2D eigenvalue weighted by atomic mass is 79.9. The number of thiophene rings is 1. The number of hydrogen-bond acceptors (Lipinski definition) is 3. The lowest BCUT2D eigenvalue weighted by atomic mass is 10.5. The third-order valence-electron chi connectivity index (χ3n) is 1.23. The molecule has 0 saturated carbocycles. The maximum atomic E-state index is 5.48. The summed E-state index contributed by atoms with van der Waals surface area (Å²) in [5, 5.41) is 2.78. The van der Waals surface area contributed by atoms with Gasteiger partial charge >= 0.3 is 0 Å². The van der Waals surface area contributed by atoms with Gasteiger partial charge in [-0.05, 0) is 43.3 Å². The second kappa shape index (κ2) is 2.64. The van der Waals surface area contributed by atoms with E-state index < -0.39 is 3.42 Å². The van der Waals surface area contributed by atoms with Crippen molar-refractivity contribution in [3.8, 4) is 10.8 Å². The van der Waals surface area contributed by atoms with E-state index in [4.69, 9.17) is 9.47 Å². The van der Waals surface area contributed by atoms with Crippen LogP contribution in [0.4, 0.5) is 0 Å². The molecule has 0 aliphatic carbocycles. The highest BCUT2D eigenvalue weighted by Crippen LogP contribution is 2.43. The van der Waals surface area contributed by atoms with Gasteiger partial charge in [0, 0.05) is 0 Å². The Kier molecular flexibility index (Phi) is 1.89. The molecule has 0 aromatic carbocycles. The minimum Gasteiger partial charge on any atom is -0.475 e. The van der Waals surface area contributed by atoms with Crippen LogP contribution in [0.3, 0.4) is 0 Å². The van der Waals surface area contributed by atoms with Crippen LogP contribution in [-0.4, -0.2) is 10.0 Å². The van der Waals surface area contributed by atoms with Gasteiger partial charge in [0.25, 0.3) is 3.42 Å². The smallest absolute Gasteiger partial charge is 0.251 e. The summed E-state index contributed by atoms with van der Waals surface area (Å²) in [6.07, 6.45) is 0. The zero-order chi connectivity index (χ0) is 7.90. The number of alkyl halides is 2. The van der Waals surface area contributed by atoms with Crippen molar-refractivity contribution in [2.75, 3.05) is 6.61 Å². The fraction of sp³-hybridized carbons (Fsp3) is 0.333. The largest absolute Gasteiger partial charge is 0.475 e. The van der Waals surface area contributed by atoms with Gasteiger partial charge < -0.3 is 9.47 Å². The number of fused-ring (bicyclic) bond motifs is 1. The summed E-state index contributed by atoms with van der Waals surface area (Å²) in [6, 6.07) is 1.89. The lowest BCUT2D eigenvalue weighted by Gasteiger charge is -2.26. The first-order chi connectivity index (χ1) is 5.17. The van der Waals surface area contributed by atoms with E-state index in [0.29, 0.717) is 6.61 Å². The van der Waals surface area contributed by atoms with Gasteiger partial charge in [-0.15, -0.1) is 11.3 Å². The molecule has 2 heterocycles. The van der Waals surface area contributed by atoms with Gasteiger partial charge in [0.05, 0.1) is 0 Å². The fourth-order valence-corrected chi connectivity index (χ4v) is 2.05. The first kappa shape index (κ1) is 7.89. The van der Waals surface area contributed by atoms with Crippen LogP contribution < -0.4 is 9.47 Å². The zero-order valence-corrected chi connectivity index (χ0v) is 9.33. The molecule has 1 aromatic heterocycles. The van der Waals surface area contributed by atoms with Crippen LogP contribution in [0.1, 0.15) is 0 Å². The first-order valence-corrected chi connectivity index (χ1v) is 5.41. The minimum absolute atomic E-state index is 0.473. The van der Waals surface area contributed by atoms with Gasteiger partial charge in [0.15, 0.2) is 5.75 Å². The number of rotatable bonds is 0. The standard InChI is InChI=1S/C6H4Br2O2S/c7-6(8)3-9-5-4(10-6)1-2-11-5/h1-2H,3H2. The van der Waals surface area contributed by atoms with E-state index >= 15 is 0 Å². The highest BCUT2D eigenvalue weighted by molar-refractivity contribution is 9.25. The molecule has 0 radical (unpaired) electrons. The van der Waals surface area contributed by atoms with Gasteiger partial charge in [-0.2, -0.15) is 0 Å². The average Bonchev–Trinajstić information content (AvgIpc) is 2.31. The molecule has 1 aromatic rings. The molecule has 0 fully saturated rings. The molecule has 0 atom stereocenters.